The second kappa shape index (κ2) is 7.51. The zero-order valence-corrected chi connectivity index (χ0v) is 11.3. The van der Waals surface area contributed by atoms with E-state index in [4.69, 9.17) is 0 Å². The summed E-state index contributed by atoms with van der Waals surface area (Å²) in [4.78, 5) is 24.4. The fourth-order valence-electron chi connectivity index (χ4n) is 1.64. The molecule has 1 N–H and O–H groups in total. The van der Waals surface area contributed by atoms with Crippen LogP contribution in [-0.4, -0.2) is 24.9 Å². The van der Waals surface area contributed by atoms with Gasteiger partial charge in [0, 0.05) is 13.5 Å². The molecule has 0 bridgehead atoms. The van der Waals surface area contributed by atoms with Crippen molar-refractivity contribution in [1.82, 2.24) is 5.32 Å². The molecule has 2 amide bonds. The van der Waals surface area contributed by atoms with Gasteiger partial charge in [-0.2, -0.15) is 0 Å². The van der Waals surface area contributed by atoms with Crippen molar-refractivity contribution in [2.75, 3.05) is 18.0 Å². The summed E-state index contributed by atoms with van der Waals surface area (Å²) in [6.45, 7) is 3.73. The molecule has 0 fully saturated rings. The Hall–Kier alpha value is -1.91. The number of hydrogen-bond acceptors (Lipinski definition) is 2. The molecule has 0 atom stereocenters. The highest BCUT2D eigenvalue weighted by Crippen LogP contribution is 2.18. The second-order valence-corrected chi connectivity index (χ2v) is 4.26. The SMILES string of the molecule is CCCCNC(=O)CN(C(C)=O)c1ccccc1F. The van der Waals surface area contributed by atoms with Crippen LogP contribution in [0.1, 0.15) is 26.7 Å². The molecule has 0 aromatic heterocycles. The van der Waals surface area contributed by atoms with E-state index in [0.29, 0.717) is 6.54 Å². The molecule has 4 nitrogen and oxygen atoms in total. The average Bonchev–Trinajstić information content (AvgIpc) is 2.37. The minimum atomic E-state index is -0.515. The predicted octanol–water partition coefficient (Wildman–Crippen LogP) is 2.09. The molecule has 1 aromatic carbocycles. The number of halogens is 1. The molecule has 19 heavy (non-hydrogen) atoms. The van der Waals surface area contributed by atoms with Gasteiger partial charge in [-0.1, -0.05) is 25.5 Å². The number of carbonyl (C=O) groups is 2. The van der Waals surface area contributed by atoms with Crippen LogP contribution in [0.15, 0.2) is 24.3 Å². The number of rotatable bonds is 6. The zero-order chi connectivity index (χ0) is 14.3. The summed E-state index contributed by atoms with van der Waals surface area (Å²) in [6.07, 6.45) is 1.86. The van der Waals surface area contributed by atoms with Crippen LogP contribution in [0.3, 0.4) is 0 Å². The Labute approximate surface area is 112 Å². The first-order valence-corrected chi connectivity index (χ1v) is 6.35. The van der Waals surface area contributed by atoms with E-state index < -0.39 is 5.82 Å². The molecule has 0 spiro atoms. The summed E-state index contributed by atoms with van der Waals surface area (Å²) in [7, 11) is 0. The van der Waals surface area contributed by atoms with E-state index in [1.54, 1.807) is 12.1 Å². The van der Waals surface area contributed by atoms with Crippen LogP contribution >= 0.6 is 0 Å². The molecule has 0 aliphatic heterocycles. The summed E-state index contributed by atoms with van der Waals surface area (Å²) >= 11 is 0. The van der Waals surface area contributed by atoms with Gasteiger partial charge < -0.3 is 10.2 Å². The standard InChI is InChI=1S/C14H19FN2O2/c1-3-4-9-16-14(19)10-17(11(2)18)13-8-6-5-7-12(13)15/h5-8H,3-4,9-10H2,1-2H3,(H,16,19). The van der Waals surface area contributed by atoms with Crippen LogP contribution in [-0.2, 0) is 9.59 Å². The van der Waals surface area contributed by atoms with Crippen molar-refractivity contribution in [2.45, 2.75) is 26.7 Å². The van der Waals surface area contributed by atoms with Crippen LogP contribution in [0, 0.1) is 5.82 Å². The molecule has 1 aromatic rings. The van der Waals surface area contributed by atoms with Crippen molar-refractivity contribution < 1.29 is 14.0 Å². The molecule has 104 valence electrons. The van der Waals surface area contributed by atoms with Gasteiger partial charge in [0.15, 0.2) is 0 Å². The average molecular weight is 266 g/mol. The summed E-state index contributed by atoms with van der Waals surface area (Å²) in [5, 5.41) is 2.70. The van der Waals surface area contributed by atoms with Crippen molar-refractivity contribution in [1.29, 1.82) is 0 Å². The van der Waals surface area contributed by atoms with Crippen molar-refractivity contribution >= 4 is 17.5 Å². The Morgan fingerprint density at radius 1 is 1.32 bits per heavy atom. The smallest absolute Gasteiger partial charge is 0.240 e. The quantitative estimate of drug-likeness (QED) is 0.802. The Kier molecular flexibility index (Phi) is 5.99. The lowest BCUT2D eigenvalue weighted by Crippen LogP contribution is -2.40. The van der Waals surface area contributed by atoms with Crippen LogP contribution in [0.25, 0.3) is 0 Å². The largest absolute Gasteiger partial charge is 0.355 e. The number of unbranched alkanes of at least 4 members (excludes halogenated alkanes) is 1. The van der Waals surface area contributed by atoms with Crippen molar-refractivity contribution in [3.05, 3.63) is 30.1 Å². The summed E-state index contributed by atoms with van der Waals surface area (Å²) in [5.41, 5.74) is 0.126. The Bertz CT molecular complexity index is 449. The predicted molar refractivity (Wildman–Crippen MR) is 72.3 cm³/mol. The molecule has 0 unspecified atom stereocenters. The minimum Gasteiger partial charge on any atom is -0.355 e. The van der Waals surface area contributed by atoms with E-state index in [2.05, 4.69) is 5.32 Å². The number of carbonyl (C=O) groups excluding carboxylic acids is 2. The number of anilines is 1. The number of amides is 2. The third-order valence-corrected chi connectivity index (χ3v) is 2.68. The molecular formula is C14H19FN2O2. The van der Waals surface area contributed by atoms with E-state index in [0.717, 1.165) is 17.7 Å². The van der Waals surface area contributed by atoms with Crippen molar-refractivity contribution in [2.24, 2.45) is 0 Å². The first-order chi connectivity index (χ1) is 9.06. The highest BCUT2D eigenvalue weighted by molar-refractivity contribution is 5.97. The first-order valence-electron chi connectivity index (χ1n) is 6.35. The Morgan fingerprint density at radius 2 is 2.00 bits per heavy atom. The monoisotopic (exact) mass is 266 g/mol. The van der Waals surface area contributed by atoms with Crippen molar-refractivity contribution in [3.63, 3.8) is 0 Å². The van der Waals surface area contributed by atoms with Gasteiger partial charge >= 0.3 is 0 Å². The van der Waals surface area contributed by atoms with Gasteiger partial charge in [-0.15, -0.1) is 0 Å². The van der Waals surface area contributed by atoms with Crippen LogP contribution in [0.4, 0.5) is 10.1 Å². The van der Waals surface area contributed by atoms with Gasteiger partial charge in [-0.25, -0.2) is 4.39 Å². The van der Waals surface area contributed by atoms with Gasteiger partial charge in [0.1, 0.15) is 12.4 Å². The van der Waals surface area contributed by atoms with E-state index in [9.17, 15) is 14.0 Å². The maximum absolute atomic E-state index is 13.6. The molecule has 0 radical (unpaired) electrons. The Morgan fingerprint density at radius 3 is 2.58 bits per heavy atom. The third kappa shape index (κ3) is 4.69. The van der Waals surface area contributed by atoms with Gasteiger partial charge in [0.25, 0.3) is 0 Å². The van der Waals surface area contributed by atoms with Crippen molar-refractivity contribution in [3.8, 4) is 0 Å². The summed E-state index contributed by atoms with van der Waals surface area (Å²) in [6, 6.07) is 5.91. The molecule has 5 heteroatoms. The van der Waals surface area contributed by atoms with Crippen LogP contribution < -0.4 is 10.2 Å². The molecule has 0 heterocycles. The first kappa shape index (κ1) is 15.1. The highest BCUT2D eigenvalue weighted by atomic mass is 19.1. The lowest BCUT2D eigenvalue weighted by molar-refractivity contribution is -0.123. The number of benzene rings is 1. The van der Waals surface area contributed by atoms with Gasteiger partial charge in [0.05, 0.1) is 5.69 Å². The van der Waals surface area contributed by atoms with E-state index >= 15 is 0 Å². The van der Waals surface area contributed by atoms with Crippen LogP contribution in [0.2, 0.25) is 0 Å². The summed E-state index contributed by atoms with van der Waals surface area (Å²) < 4.78 is 13.6. The molecule has 0 aliphatic carbocycles. The number of nitrogens with zero attached hydrogens (tertiary/aromatic N) is 1. The van der Waals surface area contributed by atoms with Gasteiger partial charge in [0.2, 0.25) is 11.8 Å². The molecule has 0 saturated heterocycles. The topological polar surface area (TPSA) is 49.4 Å². The number of nitrogens with one attached hydrogen (secondary N) is 1. The molecule has 0 saturated carbocycles. The third-order valence-electron chi connectivity index (χ3n) is 2.68. The fourth-order valence-corrected chi connectivity index (χ4v) is 1.64. The summed E-state index contributed by atoms with van der Waals surface area (Å²) in [5.74, 6) is -1.17. The number of para-hydroxylation sites is 1. The minimum absolute atomic E-state index is 0.126. The van der Waals surface area contributed by atoms with Gasteiger partial charge in [-0.05, 0) is 18.6 Å². The molecule has 1 rings (SSSR count). The lowest BCUT2D eigenvalue weighted by atomic mass is 10.2. The lowest BCUT2D eigenvalue weighted by Gasteiger charge is -2.21. The van der Waals surface area contributed by atoms with E-state index in [-0.39, 0.29) is 24.0 Å². The van der Waals surface area contributed by atoms with Crippen LogP contribution in [0.5, 0.6) is 0 Å². The highest BCUT2D eigenvalue weighted by Gasteiger charge is 2.18. The second-order valence-electron chi connectivity index (χ2n) is 4.26. The van der Waals surface area contributed by atoms with E-state index in [1.165, 1.54) is 19.1 Å². The maximum atomic E-state index is 13.6. The van der Waals surface area contributed by atoms with Gasteiger partial charge in [-0.3, -0.25) is 9.59 Å². The van der Waals surface area contributed by atoms with E-state index in [1.807, 2.05) is 6.92 Å². The Balaban J connectivity index is 2.72. The molecule has 0 aliphatic rings. The molecular weight excluding hydrogens is 247 g/mol. The number of hydrogen-bond donors (Lipinski definition) is 1. The fraction of sp³-hybridized carbons (Fsp3) is 0.429. The normalized spacial score (nSPS) is 10.1. The zero-order valence-electron chi connectivity index (χ0n) is 11.3. The maximum Gasteiger partial charge on any atom is 0.240 e.